The van der Waals surface area contributed by atoms with Gasteiger partial charge in [0.05, 0.1) is 18.9 Å². The molecule has 1 atom stereocenters. The molecule has 0 aliphatic carbocycles. The first-order chi connectivity index (χ1) is 11.3. The summed E-state index contributed by atoms with van der Waals surface area (Å²) in [4.78, 5) is 2.20. The summed E-state index contributed by atoms with van der Waals surface area (Å²) in [7, 11) is 0. The van der Waals surface area contributed by atoms with E-state index in [1.165, 1.54) is 0 Å². The van der Waals surface area contributed by atoms with Gasteiger partial charge in [0, 0.05) is 13.1 Å². The Bertz CT molecular complexity index is 782. The van der Waals surface area contributed by atoms with Gasteiger partial charge >= 0.3 is 0 Å². The lowest BCUT2D eigenvalue weighted by molar-refractivity contribution is 0.146. The Morgan fingerprint density at radius 1 is 1.17 bits per heavy atom. The Morgan fingerprint density at radius 2 is 2.09 bits per heavy atom. The van der Waals surface area contributed by atoms with Crippen molar-refractivity contribution in [3.63, 3.8) is 0 Å². The van der Waals surface area contributed by atoms with Gasteiger partial charge in [-0.15, -0.1) is 10.2 Å². The Hall–Kier alpha value is -2.44. The van der Waals surface area contributed by atoms with Crippen molar-refractivity contribution < 1.29 is 13.9 Å². The van der Waals surface area contributed by atoms with Crippen molar-refractivity contribution in [2.24, 2.45) is 0 Å². The Morgan fingerprint density at radius 3 is 2.96 bits per heavy atom. The first kappa shape index (κ1) is 14.2. The second-order valence-electron chi connectivity index (χ2n) is 5.69. The molecule has 0 saturated carbocycles. The third-order valence-corrected chi connectivity index (χ3v) is 4.08. The van der Waals surface area contributed by atoms with Crippen LogP contribution >= 0.6 is 0 Å². The minimum atomic E-state index is -0.419. The molecule has 0 fully saturated rings. The molecule has 3 heterocycles. The highest BCUT2D eigenvalue weighted by Gasteiger charge is 2.22. The molecule has 6 heteroatoms. The molecule has 1 aromatic carbocycles. The molecule has 3 aromatic rings. The van der Waals surface area contributed by atoms with Crippen LogP contribution in [0.25, 0.3) is 11.7 Å². The first-order valence-corrected chi connectivity index (χ1v) is 7.64. The molecular formula is C17H17N3O3. The van der Waals surface area contributed by atoms with Gasteiger partial charge in [-0.05, 0) is 29.7 Å². The number of benzene rings is 1. The van der Waals surface area contributed by atoms with E-state index in [2.05, 4.69) is 21.2 Å². The summed E-state index contributed by atoms with van der Waals surface area (Å²) in [5.74, 6) is 1.51. The second kappa shape index (κ2) is 5.98. The standard InChI is InChI=1S/C17H17N3O3/c21-14-7-8-20(10-12-4-1-2-5-13(12)14)11-16-18-19-17(23-16)15-6-3-9-22-15/h1-6,9,14,21H,7-8,10-11H2. The quantitative estimate of drug-likeness (QED) is 0.801. The van der Waals surface area contributed by atoms with Crippen molar-refractivity contribution in [3.05, 3.63) is 59.7 Å². The van der Waals surface area contributed by atoms with Gasteiger partial charge in [-0.3, -0.25) is 4.90 Å². The fourth-order valence-corrected chi connectivity index (χ4v) is 2.93. The topological polar surface area (TPSA) is 75.5 Å². The highest BCUT2D eigenvalue weighted by Crippen LogP contribution is 2.27. The van der Waals surface area contributed by atoms with E-state index >= 15 is 0 Å². The molecule has 1 aliphatic rings. The fourth-order valence-electron chi connectivity index (χ4n) is 2.93. The van der Waals surface area contributed by atoms with Crippen LogP contribution in [0, 0.1) is 0 Å². The highest BCUT2D eigenvalue weighted by molar-refractivity contribution is 5.42. The number of hydrogen-bond acceptors (Lipinski definition) is 6. The highest BCUT2D eigenvalue weighted by atomic mass is 16.4. The molecule has 118 valence electrons. The Balaban J connectivity index is 1.51. The molecule has 0 bridgehead atoms. The number of aromatic nitrogens is 2. The van der Waals surface area contributed by atoms with Gasteiger partial charge in [-0.2, -0.15) is 0 Å². The minimum Gasteiger partial charge on any atom is -0.459 e. The zero-order valence-electron chi connectivity index (χ0n) is 12.6. The Labute approximate surface area is 133 Å². The van der Waals surface area contributed by atoms with Crippen LogP contribution in [-0.2, 0) is 13.1 Å². The monoisotopic (exact) mass is 311 g/mol. The summed E-state index contributed by atoms with van der Waals surface area (Å²) in [6.07, 6.45) is 1.85. The van der Waals surface area contributed by atoms with E-state index in [4.69, 9.17) is 8.83 Å². The summed E-state index contributed by atoms with van der Waals surface area (Å²) in [6, 6.07) is 11.6. The molecule has 4 rings (SSSR count). The van der Waals surface area contributed by atoms with Gasteiger partial charge in [-0.1, -0.05) is 24.3 Å². The lowest BCUT2D eigenvalue weighted by Crippen LogP contribution is -2.23. The summed E-state index contributed by atoms with van der Waals surface area (Å²) in [6.45, 7) is 2.08. The van der Waals surface area contributed by atoms with Gasteiger partial charge < -0.3 is 13.9 Å². The molecule has 6 nitrogen and oxygen atoms in total. The van der Waals surface area contributed by atoms with E-state index in [0.29, 0.717) is 30.5 Å². The average Bonchev–Trinajstić information content (AvgIpc) is 3.21. The van der Waals surface area contributed by atoms with Crippen LogP contribution < -0.4 is 0 Å². The molecule has 1 N–H and O–H groups in total. The molecule has 0 spiro atoms. The van der Waals surface area contributed by atoms with Crippen molar-refractivity contribution in [3.8, 4) is 11.7 Å². The number of nitrogens with zero attached hydrogens (tertiary/aromatic N) is 3. The summed E-state index contributed by atoms with van der Waals surface area (Å²) in [5.41, 5.74) is 2.15. The van der Waals surface area contributed by atoms with Crippen molar-refractivity contribution >= 4 is 0 Å². The Kier molecular flexibility index (Phi) is 3.69. The third-order valence-electron chi connectivity index (χ3n) is 4.08. The molecule has 0 saturated heterocycles. The van der Waals surface area contributed by atoms with Crippen molar-refractivity contribution in [2.75, 3.05) is 6.54 Å². The number of furan rings is 1. The SMILES string of the molecule is OC1CCN(Cc2nnc(-c3ccco3)o2)Cc2ccccc21. The second-order valence-corrected chi connectivity index (χ2v) is 5.69. The third kappa shape index (κ3) is 2.91. The van der Waals surface area contributed by atoms with Crippen LogP contribution in [0.15, 0.2) is 51.5 Å². The van der Waals surface area contributed by atoms with Crippen LogP contribution in [0.2, 0.25) is 0 Å². The van der Waals surface area contributed by atoms with Crippen LogP contribution in [0.1, 0.15) is 29.5 Å². The van der Waals surface area contributed by atoms with Crippen LogP contribution in [0.4, 0.5) is 0 Å². The molecule has 0 amide bonds. The van der Waals surface area contributed by atoms with E-state index in [1.54, 1.807) is 18.4 Å². The van der Waals surface area contributed by atoms with E-state index in [9.17, 15) is 5.11 Å². The van der Waals surface area contributed by atoms with Crippen molar-refractivity contribution in [2.45, 2.75) is 25.6 Å². The molecule has 2 aromatic heterocycles. The molecule has 23 heavy (non-hydrogen) atoms. The fraction of sp³-hybridized carbons (Fsp3) is 0.294. The van der Waals surface area contributed by atoms with Gasteiger partial charge in [0.15, 0.2) is 5.76 Å². The number of fused-ring (bicyclic) bond motifs is 1. The van der Waals surface area contributed by atoms with Crippen LogP contribution in [0.3, 0.4) is 0 Å². The van der Waals surface area contributed by atoms with E-state index in [-0.39, 0.29) is 0 Å². The molecule has 1 aliphatic heterocycles. The van der Waals surface area contributed by atoms with E-state index in [1.807, 2.05) is 18.2 Å². The maximum Gasteiger partial charge on any atom is 0.283 e. The number of aliphatic hydroxyl groups excluding tert-OH is 1. The molecule has 1 unspecified atom stereocenters. The summed E-state index contributed by atoms with van der Waals surface area (Å²) >= 11 is 0. The normalized spacial score (nSPS) is 18.6. The zero-order chi connectivity index (χ0) is 15.6. The van der Waals surface area contributed by atoms with Gasteiger partial charge in [0.25, 0.3) is 5.89 Å². The number of rotatable bonds is 3. The van der Waals surface area contributed by atoms with Gasteiger partial charge in [0.1, 0.15) is 0 Å². The largest absolute Gasteiger partial charge is 0.459 e. The minimum absolute atomic E-state index is 0.389. The lowest BCUT2D eigenvalue weighted by Gasteiger charge is -2.17. The van der Waals surface area contributed by atoms with Crippen LogP contribution in [0.5, 0.6) is 0 Å². The number of aliphatic hydroxyl groups is 1. The van der Waals surface area contributed by atoms with E-state index in [0.717, 1.165) is 24.2 Å². The van der Waals surface area contributed by atoms with Crippen molar-refractivity contribution in [1.29, 1.82) is 0 Å². The smallest absolute Gasteiger partial charge is 0.283 e. The summed E-state index contributed by atoms with van der Waals surface area (Å²) in [5, 5.41) is 18.4. The molecular weight excluding hydrogens is 294 g/mol. The van der Waals surface area contributed by atoms with Gasteiger partial charge in [0.2, 0.25) is 5.89 Å². The lowest BCUT2D eigenvalue weighted by atomic mass is 10.0. The average molecular weight is 311 g/mol. The maximum atomic E-state index is 10.3. The summed E-state index contributed by atoms with van der Waals surface area (Å²) < 4.78 is 10.9. The predicted molar refractivity (Wildman–Crippen MR) is 82.1 cm³/mol. The first-order valence-electron chi connectivity index (χ1n) is 7.64. The van der Waals surface area contributed by atoms with Gasteiger partial charge in [-0.25, -0.2) is 0 Å². The molecule has 0 radical (unpaired) electrons. The van der Waals surface area contributed by atoms with E-state index < -0.39 is 6.10 Å². The zero-order valence-corrected chi connectivity index (χ0v) is 12.6. The predicted octanol–water partition coefficient (Wildman–Crippen LogP) is 2.77. The van der Waals surface area contributed by atoms with Crippen molar-refractivity contribution in [1.82, 2.24) is 15.1 Å². The maximum absolute atomic E-state index is 10.3. The number of hydrogen-bond donors (Lipinski definition) is 1. The van der Waals surface area contributed by atoms with Crippen LogP contribution in [-0.4, -0.2) is 26.7 Å².